The molecule has 0 bridgehead atoms. The second-order valence-electron chi connectivity index (χ2n) is 6.86. The van der Waals surface area contributed by atoms with Crippen LogP contribution in [0.5, 0.6) is 0 Å². The van der Waals surface area contributed by atoms with Crippen molar-refractivity contribution in [1.82, 2.24) is 5.32 Å². The Labute approximate surface area is 139 Å². The molecule has 1 N–H and O–H groups in total. The predicted octanol–water partition coefficient (Wildman–Crippen LogP) is 1.95. The number of hydrogen-bond acceptors (Lipinski definition) is 6. The highest BCUT2D eigenvalue weighted by Crippen LogP contribution is 2.25. The van der Waals surface area contributed by atoms with Crippen LogP contribution >= 0.6 is 0 Å². The summed E-state index contributed by atoms with van der Waals surface area (Å²) in [5.74, 6) is -1.13. The maximum absolute atomic E-state index is 12.2. The van der Waals surface area contributed by atoms with Crippen LogP contribution in [0.3, 0.4) is 0 Å². The van der Waals surface area contributed by atoms with Crippen LogP contribution < -0.4 is 5.32 Å². The summed E-state index contributed by atoms with van der Waals surface area (Å²) in [6.45, 7) is 0.241. The second-order valence-corrected chi connectivity index (χ2v) is 8.31. The van der Waals surface area contributed by atoms with Gasteiger partial charge in [0.25, 0.3) is 0 Å². The number of hydrogen-bond donors (Lipinski definition) is 1. The third-order valence-corrected chi connectivity index (χ3v) is 5.63. The van der Waals surface area contributed by atoms with Crippen LogP contribution in [0.4, 0.5) is 0 Å². The summed E-state index contributed by atoms with van der Waals surface area (Å²) in [6.07, 6.45) is 9.49. The molecule has 0 aromatic carbocycles. The number of carbonyl (C=O) groups excluding carboxylic acids is 1. The highest BCUT2D eigenvalue weighted by Gasteiger charge is 2.26. The molecule has 2 rings (SSSR count). The lowest BCUT2D eigenvalue weighted by molar-refractivity contribution is -0.154. The third-order valence-electron chi connectivity index (χ3n) is 4.85. The molecule has 1 atom stereocenters. The molecule has 0 aromatic rings. The minimum atomic E-state index is -4.42. The summed E-state index contributed by atoms with van der Waals surface area (Å²) in [6, 6.07) is 0.328. The summed E-state index contributed by atoms with van der Waals surface area (Å²) in [7, 11) is -4.42. The number of rotatable bonds is 7. The molecule has 23 heavy (non-hydrogen) atoms. The van der Waals surface area contributed by atoms with Gasteiger partial charge in [-0.25, -0.2) is 8.42 Å². The van der Waals surface area contributed by atoms with Gasteiger partial charge in [0.15, 0.2) is 0 Å². The standard InChI is InChI=1S/C16H29NO5S/c18-16(13-7-3-1-4-8-13)22-15(12-23(19,20)21)11-17-14-9-5-2-6-10-14/h13-15,17H,1-12H2,(H,19,20,21)/p-1. The Morgan fingerprint density at radius 1 is 1.04 bits per heavy atom. The van der Waals surface area contributed by atoms with E-state index in [0.717, 1.165) is 57.8 Å². The van der Waals surface area contributed by atoms with Gasteiger partial charge in [-0.3, -0.25) is 4.79 Å². The van der Waals surface area contributed by atoms with E-state index < -0.39 is 22.0 Å². The van der Waals surface area contributed by atoms with Gasteiger partial charge >= 0.3 is 5.97 Å². The lowest BCUT2D eigenvalue weighted by Gasteiger charge is -2.28. The van der Waals surface area contributed by atoms with Crippen LogP contribution in [0, 0.1) is 5.92 Å². The van der Waals surface area contributed by atoms with Crippen molar-refractivity contribution >= 4 is 16.1 Å². The van der Waals surface area contributed by atoms with E-state index in [1.54, 1.807) is 0 Å². The predicted molar refractivity (Wildman–Crippen MR) is 85.9 cm³/mol. The quantitative estimate of drug-likeness (QED) is 0.559. The zero-order valence-corrected chi connectivity index (χ0v) is 14.5. The first-order chi connectivity index (χ1) is 10.9. The van der Waals surface area contributed by atoms with Crippen LogP contribution in [0.1, 0.15) is 64.2 Å². The highest BCUT2D eigenvalue weighted by atomic mass is 32.2. The minimum Gasteiger partial charge on any atom is -0.748 e. The molecule has 134 valence electrons. The molecular weight excluding hydrogens is 318 g/mol. The van der Waals surface area contributed by atoms with Gasteiger partial charge in [-0.15, -0.1) is 0 Å². The first-order valence-electron chi connectivity index (χ1n) is 8.81. The first-order valence-corrected chi connectivity index (χ1v) is 10.4. The summed E-state index contributed by atoms with van der Waals surface area (Å²) >= 11 is 0. The van der Waals surface area contributed by atoms with E-state index in [2.05, 4.69) is 5.32 Å². The van der Waals surface area contributed by atoms with Gasteiger partial charge in [0.2, 0.25) is 0 Å². The molecule has 7 heteroatoms. The molecule has 0 saturated heterocycles. The topological polar surface area (TPSA) is 95.5 Å². The van der Waals surface area contributed by atoms with E-state index in [1.807, 2.05) is 0 Å². The van der Waals surface area contributed by atoms with Crippen LogP contribution in [-0.4, -0.2) is 43.4 Å². The Hall–Kier alpha value is -0.660. The van der Waals surface area contributed by atoms with Gasteiger partial charge in [-0.1, -0.05) is 38.5 Å². The van der Waals surface area contributed by atoms with Crippen molar-refractivity contribution in [3.05, 3.63) is 0 Å². The monoisotopic (exact) mass is 346 g/mol. The summed E-state index contributed by atoms with van der Waals surface area (Å²) in [4.78, 5) is 12.2. The van der Waals surface area contributed by atoms with Gasteiger partial charge in [-0.2, -0.15) is 0 Å². The van der Waals surface area contributed by atoms with Crippen LogP contribution in [0.25, 0.3) is 0 Å². The van der Waals surface area contributed by atoms with Crippen molar-refractivity contribution in [2.45, 2.75) is 76.4 Å². The van der Waals surface area contributed by atoms with E-state index in [0.29, 0.717) is 6.04 Å². The van der Waals surface area contributed by atoms with Gasteiger partial charge in [0.1, 0.15) is 6.10 Å². The van der Waals surface area contributed by atoms with Crippen LogP contribution in [0.2, 0.25) is 0 Å². The number of esters is 1. The smallest absolute Gasteiger partial charge is 0.309 e. The van der Waals surface area contributed by atoms with E-state index in [1.165, 1.54) is 6.42 Å². The molecule has 0 aliphatic heterocycles. The minimum absolute atomic E-state index is 0.143. The Balaban J connectivity index is 1.86. The summed E-state index contributed by atoms with van der Waals surface area (Å²) in [5.41, 5.74) is 0. The Bertz CT molecular complexity index is 467. The number of carbonyl (C=O) groups is 1. The Morgan fingerprint density at radius 2 is 1.61 bits per heavy atom. The molecule has 2 saturated carbocycles. The molecule has 0 radical (unpaired) electrons. The van der Waals surface area contributed by atoms with Crippen molar-refractivity contribution in [2.24, 2.45) is 5.92 Å². The molecular formula is C16H28NO5S-. The fourth-order valence-electron chi connectivity index (χ4n) is 3.57. The molecule has 2 aliphatic rings. The van der Waals surface area contributed by atoms with Gasteiger partial charge in [0.05, 0.1) is 21.8 Å². The maximum Gasteiger partial charge on any atom is 0.309 e. The number of ether oxygens (including phenoxy) is 1. The van der Waals surface area contributed by atoms with E-state index in [9.17, 15) is 17.8 Å². The fraction of sp³-hybridized carbons (Fsp3) is 0.938. The molecule has 2 fully saturated rings. The fourth-order valence-corrected chi connectivity index (χ4v) is 4.21. The third kappa shape index (κ3) is 7.18. The Morgan fingerprint density at radius 3 is 2.17 bits per heavy atom. The largest absolute Gasteiger partial charge is 0.748 e. The highest BCUT2D eigenvalue weighted by molar-refractivity contribution is 7.85. The zero-order chi connectivity index (χ0) is 16.7. The summed E-state index contributed by atoms with van der Waals surface area (Å²) < 4.78 is 38.6. The summed E-state index contributed by atoms with van der Waals surface area (Å²) in [5, 5.41) is 3.27. The zero-order valence-electron chi connectivity index (χ0n) is 13.7. The van der Waals surface area contributed by atoms with E-state index in [-0.39, 0.29) is 18.4 Å². The first kappa shape index (κ1) is 18.7. The van der Waals surface area contributed by atoms with Gasteiger partial charge in [0, 0.05) is 12.6 Å². The molecule has 0 spiro atoms. The van der Waals surface area contributed by atoms with Crippen molar-refractivity contribution in [1.29, 1.82) is 0 Å². The molecule has 6 nitrogen and oxygen atoms in total. The Kier molecular flexibility index (Phi) is 7.30. The van der Waals surface area contributed by atoms with Crippen LogP contribution in [0.15, 0.2) is 0 Å². The lowest BCUT2D eigenvalue weighted by atomic mass is 9.89. The van der Waals surface area contributed by atoms with Crippen molar-refractivity contribution in [3.63, 3.8) is 0 Å². The molecule has 2 aliphatic carbocycles. The van der Waals surface area contributed by atoms with Crippen LogP contribution in [-0.2, 0) is 19.6 Å². The maximum atomic E-state index is 12.2. The van der Waals surface area contributed by atoms with Crippen molar-refractivity contribution in [2.75, 3.05) is 12.3 Å². The van der Waals surface area contributed by atoms with E-state index >= 15 is 0 Å². The van der Waals surface area contributed by atoms with Gasteiger partial charge < -0.3 is 14.6 Å². The molecule has 0 heterocycles. The van der Waals surface area contributed by atoms with E-state index in [4.69, 9.17) is 4.74 Å². The van der Waals surface area contributed by atoms with Crippen molar-refractivity contribution in [3.8, 4) is 0 Å². The normalized spacial score (nSPS) is 22.7. The number of nitrogens with one attached hydrogen (secondary N) is 1. The van der Waals surface area contributed by atoms with Crippen molar-refractivity contribution < 1.29 is 22.5 Å². The average molecular weight is 346 g/mol. The molecule has 1 unspecified atom stereocenters. The average Bonchev–Trinajstić information content (AvgIpc) is 2.53. The lowest BCUT2D eigenvalue weighted by Crippen LogP contribution is -2.42. The second kappa shape index (κ2) is 8.99. The SMILES string of the molecule is O=C(OC(CNC1CCCCC1)CS(=O)(=O)[O-])C1CCCCC1. The van der Waals surface area contributed by atoms with Gasteiger partial charge in [-0.05, 0) is 25.7 Å². The molecule has 0 amide bonds. The molecule has 0 aromatic heterocycles.